The third kappa shape index (κ3) is 4.11. The molecule has 0 radical (unpaired) electrons. The molecule has 0 bridgehead atoms. The van der Waals surface area contributed by atoms with Crippen molar-refractivity contribution in [2.75, 3.05) is 13.7 Å². The number of esters is 1. The van der Waals surface area contributed by atoms with Crippen LogP contribution in [0.1, 0.15) is 17.3 Å². The molecule has 19 heavy (non-hydrogen) atoms. The van der Waals surface area contributed by atoms with E-state index in [0.29, 0.717) is 0 Å². The van der Waals surface area contributed by atoms with Crippen molar-refractivity contribution in [3.8, 4) is 11.6 Å². The number of hydrogen-bond acceptors (Lipinski definition) is 5. The van der Waals surface area contributed by atoms with E-state index in [0.717, 1.165) is 6.20 Å². The van der Waals surface area contributed by atoms with E-state index >= 15 is 0 Å². The van der Waals surface area contributed by atoms with Crippen molar-refractivity contribution in [2.24, 2.45) is 0 Å². The van der Waals surface area contributed by atoms with Gasteiger partial charge in [-0.2, -0.15) is 0 Å². The van der Waals surface area contributed by atoms with E-state index in [9.17, 15) is 18.0 Å². The second-order valence-corrected chi connectivity index (χ2v) is 4.25. The van der Waals surface area contributed by atoms with Crippen LogP contribution in [-0.4, -0.2) is 31.0 Å². The summed E-state index contributed by atoms with van der Waals surface area (Å²) in [6.45, 7) is 1.52. The second kappa shape index (κ2) is 6.26. The number of nitrogens with zero attached hydrogens (tertiary/aromatic N) is 1. The van der Waals surface area contributed by atoms with Gasteiger partial charge in [0.2, 0.25) is 5.88 Å². The van der Waals surface area contributed by atoms with E-state index in [1.54, 1.807) is 22.6 Å². The van der Waals surface area contributed by atoms with Gasteiger partial charge in [-0.25, -0.2) is 9.78 Å². The summed E-state index contributed by atoms with van der Waals surface area (Å²) in [5, 5.41) is 0. The summed E-state index contributed by atoms with van der Waals surface area (Å²) in [5.41, 5.74) is -0.492. The minimum atomic E-state index is -4.94. The monoisotopic (exact) mass is 391 g/mol. The Hall–Kier alpha value is -1.26. The van der Waals surface area contributed by atoms with E-state index in [2.05, 4.69) is 14.5 Å². The number of rotatable bonds is 4. The van der Waals surface area contributed by atoms with Crippen molar-refractivity contribution in [3.05, 3.63) is 15.3 Å². The van der Waals surface area contributed by atoms with E-state index < -0.39 is 23.6 Å². The zero-order valence-electron chi connectivity index (χ0n) is 9.88. The molecule has 0 saturated heterocycles. The fourth-order valence-electron chi connectivity index (χ4n) is 1.21. The molecular formula is C10H9F3INO4. The standard InChI is InChI=1S/C10H9F3INO4/c1-3-18-9(16)6-7(19-10(11,12)13)5(14)4-15-8(6)17-2/h4H,3H2,1-2H3. The van der Waals surface area contributed by atoms with Gasteiger partial charge in [0.25, 0.3) is 0 Å². The molecule has 1 heterocycles. The number of halogens is 4. The van der Waals surface area contributed by atoms with Crippen LogP contribution in [0.25, 0.3) is 0 Å². The summed E-state index contributed by atoms with van der Waals surface area (Å²) in [6, 6.07) is 0. The van der Waals surface area contributed by atoms with Crippen molar-refractivity contribution in [1.29, 1.82) is 0 Å². The molecular weight excluding hydrogens is 382 g/mol. The first-order chi connectivity index (χ1) is 8.80. The van der Waals surface area contributed by atoms with Gasteiger partial charge in [-0.1, -0.05) is 0 Å². The minimum Gasteiger partial charge on any atom is -0.480 e. The summed E-state index contributed by atoms with van der Waals surface area (Å²) in [7, 11) is 1.18. The molecule has 0 aromatic carbocycles. The highest BCUT2D eigenvalue weighted by molar-refractivity contribution is 14.1. The van der Waals surface area contributed by atoms with Crippen LogP contribution >= 0.6 is 22.6 Å². The van der Waals surface area contributed by atoms with Crippen LogP contribution in [0.4, 0.5) is 13.2 Å². The first-order valence-electron chi connectivity index (χ1n) is 4.95. The number of pyridine rings is 1. The molecule has 1 aromatic rings. The first kappa shape index (κ1) is 15.8. The Bertz CT molecular complexity index is 479. The molecule has 0 aliphatic rings. The molecule has 0 N–H and O–H groups in total. The number of hydrogen-bond donors (Lipinski definition) is 0. The molecule has 0 atom stereocenters. The second-order valence-electron chi connectivity index (χ2n) is 3.09. The van der Waals surface area contributed by atoms with Crippen LogP contribution < -0.4 is 9.47 Å². The van der Waals surface area contributed by atoms with E-state index in [4.69, 9.17) is 4.74 Å². The summed E-state index contributed by atoms with van der Waals surface area (Å²) in [5.74, 6) is -1.97. The van der Waals surface area contributed by atoms with Gasteiger partial charge in [0.15, 0.2) is 11.3 Å². The van der Waals surface area contributed by atoms with Gasteiger partial charge >= 0.3 is 12.3 Å². The number of carbonyl (C=O) groups is 1. The van der Waals surface area contributed by atoms with Gasteiger partial charge in [0, 0.05) is 6.20 Å². The van der Waals surface area contributed by atoms with E-state index in [-0.39, 0.29) is 16.1 Å². The van der Waals surface area contributed by atoms with Crippen LogP contribution in [0.3, 0.4) is 0 Å². The smallest absolute Gasteiger partial charge is 0.480 e. The SMILES string of the molecule is CCOC(=O)c1c(OC)ncc(I)c1OC(F)(F)F. The van der Waals surface area contributed by atoms with Crippen molar-refractivity contribution in [2.45, 2.75) is 13.3 Å². The highest BCUT2D eigenvalue weighted by Crippen LogP contribution is 2.35. The average Bonchev–Trinajstić information content (AvgIpc) is 2.30. The topological polar surface area (TPSA) is 57.7 Å². The predicted molar refractivity (Wildman–Crippen MR) is 66.1 cm³/mol. The van der Waals surface area contributed by atoms with E-state index in [1.807, 2.05) is 0 Å². The molecule has 9 heteroatoms. The number of methoxy groups -OCH3 is 1. The van der Waals surface area contributed by atoms with Crippen molar-refractivity contribution in [3.63, 3.8) is 0 Å². The van der Waals surface area contributed by atoms with Crippen LogP contribution in [0.5, 0.6) is 11.6 Å². The highest BCUT2D eigenvalue weighted by atomic mass is 127. The minimum absolute atomic E-state index is 0.00107. The van der Waals surface area contributed by atoms with Gasteiger partial charge in [-0.15, -0.1) is 13.2 Å². The molecule has 0 fully saturated rings. The van der Waals surface area contributed by atoms with Crippen LogP contribution in [0, 0.1) is 3.57 Å². The largest absolute Gasteiger partial charge is 0.573 e. The van der Waals surface area contributed by atoms with Crippen LogP contribution in [0.2, 0.25) is 0 Å². The maximum absolute atomic E-state index is 12.3. The lowest BCUT2D eigenvalue weighted by Gasteiger charge is -2.15. The molecule has 5 nitrogen and oxygen atoms in total. The molecule has 0 aliphatic heterocycles. The molecule has 0 spiro atoms. The lowest BCUT2D eigenvalue weighted by atomic mass is 10.2. The Morgan fingerprint density at radius 3 is 2.58 bits per heavy atom. The van der Waals surface area contributed by atoms with Crippen molar-refractivity contribution in [1.82, 2.24) is 4.98 Å². The summed E-state index contributed by atoms with van der Waals surface area (Å²) in [6.07, 6.45) is -3.84. The third-order valence-electron chi connectivity index (χ3n) is 1.84. The molecule has 1 rings (SSSR count). The Labute approximate surface area is 120 Å². The fourth-order valence-corrected chi connectivity index (χ4v) is 1.73. The first-order valence-corrected chi connectivity index (χ1v) is 6.03. The highest BCUT2D eigenvalue weighted by Gasteiger charge is 2.36. The van der Waals surface area contributed by atoms with Gasteiger partial charge < -0.3 is 14.2 Å². The Morgan fingerprint density at radius 2 is 2.11 bits per heavy atom. The fraction of sp³-hybridized carbons (Fsp3) is 0.400. The Balaban J connectivity index is 3.36. The third-order valence-corrected chi connectivity index (χ3v) is 2.61. The number of aromatic nitrogens is 1. The number of ether oxygens (including phenoxy) is 3. The Kier molecular flexibility index (Phi) is 5.20. The molecule has 106 valence electrons. The molecule has 0 unspecified atom stereocenters. The van der Waals surface area contributed by atoms with Gasteiger partial charge in [-0.05, 0) is 29.5 Å². The summed E-state index contributed by atoms with van der Waals surface area (Å²) >= 11 is 1.57. The molecule has 0 saturated carbocycles. The van der Waals surface area contributed by atoms with Crippen LogP contribution in [-0.2, 0) is 4.74 Å². The zero-order chi connectivity index (χ0) is 14.6. The van der Waals surface area contributed by atoms with Crippen molar-refractivity contribution < 1.29 is 32.2 Å². The molecule has 1 aromatic heterocycles. The lowest BCUT2D eigenvalue weighted by molar-refractivity contribution is -0.275. The van der Waals surface area contributed by atoms with Crippen molar-refractivity contribution >= 4 is 28.6 Å². The number of carbonyl (C=O) groups excluding carboxylic acids is 1. The molecule has 0 aliphatic carbocycles. The maximum Gasteiger partial charge on any atom is 0.573 e. The quantitative estimate of drug-likeness (QED) is 0.584. The van der Waals surface area contributed by atoms with Gasteiger partial charge in [0.05, 0.1) is 17.3 Å². The Morgan fingerprint density at radius 1 is 1.47 bits per heavy atom. The lowest BCUT2D eigenvalue weighted by Crippen LogP contribution is -2.21. The zero-order valence-corrected chi connectivity index (χ0v) is 12.0. The van der Waals surface area contributed by atoms with Gasteiger partial charge in [-0.3, -0.25) is 0 Å². The predicted octanol–water partition coefficient (Wildman–Crippen LogP) is 2.77. The van der Waals surface area contributed by atoms with E-state index in [1.165, 1.54) is 14.0 Å². The summed E-state index contributed by atoms with van der Waals surface area (Å²) < 4.78 is 50.3. The van der Waals surface area contributed by atoms with Crippen LogP contribution in [0.15, 0.2) is 6.20 Å². The number of alkyl halides is 3. The summed E-state index contributed by atoms with van der Waals surface area (Å²) in [4.78, 5) is 15.4. The average molecular weight is 391 g/mol. The van der Waals surface area contributed by atoms with Gasteiger partial charge in [0.1, 0.15) is 0 Å². The maximum atomic E-state index is 12.3. The molecule has 0 amide bonds. The normalized spacial score (nSPS) is 11.1.